The van der Waals surface area contributed by atoms with Crippen LogP contribution in [0.1, 0.15) is 34.1 Å². The number of fused-ring (bicyclic) bond motifs is 1. The topological polar surface area (TPSA) is 65.0 Å². The Balaban J connectivity index is 1.31. The van der Waals surface area contributed by atoms with Gasteiger partial charge in [0.05, 0.1) is 6.61 Å². The van der Waals surface area contributed by atoms with E-state index < -0.39 is 5.97 Å². The zero-order chi connectivity index (χ0) is 24.0. The van der Waals surface area contributed by atoms with Crippen molar-refractivity contribution in [1.29, 1.82) is 0 Å². The Kier molecular flexibility index (Phi) is 6.66. The molecule has 0 spiro atoms. The molecule has 1 aliphatic rings. The second-order valence-electron chi connectivity index (χ2n) is 8.53. The number of carbonyl (C=O) groups is 1. The molecule has 0 aliphatic carbocycles. The van der Waals surface area contributed by atoms with Gasteiger partial charge in [0.15, 0.2) is 6.61 Å². The van der Waals surface area contributed by atoms with Gasteiger partial charge in [0, 0.05) is 17.4 Å². The third-order valence-corrected chi connectivity index (χ3v) is 6.22. The summed E-state index contributed by atoms with van der Waals surface area (Å²) in [6.07, 6.45) is 0. The SMILES string of the molecule is O=C(COc1ccc([C@@H]2c3cc(O)ccc3OC[C@@H]2c2ccccc2)cc1)OCc1ccccc1. The molecule has 0 radical (unpaired) electrons. The third-order valence-electron chi connectivity index (χ3n) is 6.22. The number of carbonyl (C=O) groups excluding carboxylic acids is 1. The van der Waals surface area contributed by atoms with Gasteiger partial charge in [0.1, 0.15) is 23.9 Å². The van der Waals surface area contributed by atoms with E-state index >= 15 is 0 Å². The minimum Gasteiger partial charge on any atom is -0.508 e. The molecule has 0 unspecified atom stereocenters. The van der Waals surface area contributed by atoms with Gasteiger partial charge in [-0.25, -0.2) is 4.79 Å². The monoisotopic (exact) mass is 466 g/mol. The molecule has 0 fully saturated rings. The van der Waals surface area contributed by atoms with Gasteiger partial charge in [-0.1, -0.05) is 72.8 Å². The lowest BCUT2D eigenvalue weighted by Gasteiger charge is -2.34. The fourth-order valence-electron chi connectivity index (χ4n) is 4.50. The van der Waals surface area contributed by atoms with E-state index in [1.165, 1.54) is 5.56 Å². The number of phenols is 1. The first-order valence-corrected chi connectivity index (χ1v) is 11.6. The molecule has 0 amide bonds. The number of benzene rings is 4. The molecule has 5 nitrogen and oxygen atoms in total. The Morgan fingerprint density at radius 2 is 1.57 bits per heavy atom. The van der Waals surface area contributed by atoms with Gasteiger partial charge in [0.25, 0.3) is 0 Å². The normalized spacial score (nSPS) is 16.6. The van der Waals surface area contributed by atoms with Crippen molar-refractivity contribution in [3.63, 3.8) is 0 Å². The van der Waals surface area contributed by atoms with Gasteiger partial charge < -0.3 is 19.3 Å². The molecule has 35 heavy (non-hydrogen) atoms. The van der Waals surface area contributed by atoms with E-state index in [0.717, 1.165) is 22.4 Å². The molecule has 176 valence electrons. The first-order chi connectivity index (χ1) is 17.2. The molecule has 1 N–H and O–H groups in total. The van der Waals surface area contributed by atoms with Gasteiger partial charge >= 0.3 is 5.97 Å². The van der Waals surface area contributed by atoms with E-state index in [9.17, 15) is 9.90 Å². The van der Waals surface area contributed by atoms with E-state index in [-0.39, 0.29) is 30.8 Å². The van der Waals surface area contributed by atoms with E-state index in [1.807, 2.05) is 78.9 Å². The molecule has 1 aliphatic heterocycles. The average Bonchev–Trinajstić information content (AvgIpc) is 2.91. The maximum Gasteiger partial charge on any atom is 0.344 e. The number of rotatable bonds is 7. The third kappa shape index (κ3) is 5.30. The molecule has 4 aromatic rings. The molecule has 4 aromatic carbocycles. The standard InChI is InChI=1S/C30H26O5/c31-24-13-16-28-26(17-24)30(27(19-34-28)22-9-5-2-6-10-22)23-11-14-25(15-12-23)33-20-29(32)35-18-21-7-3-1-4-8-21/h1-17,27,30-31H,18-20H2/t27-,30-/m1/s1. The summed E-state index contributed by atoms with van der Waals surface area (Å²) >= 11 is 0. The molecule has 5 rings (SSSR count). The largest absolute Gasteiger partial charge is 0.508 e. The van der Waals surface area contributed by atoms with Crippen molar-refractivity contribution < 1.29 is 24.1 Å². The second kappa shape index (κ2) is 10.3. The van der Waals surface area contributed by atoms with Crippen molar-refractivity contribution >= 4 is 5.97 Å². The van der Waals surface area contributed by atoms with Crippen molar-refractivity contribution in [3.8, 4) is 17.2 Å². The molecule has 0 saturated carbocycles. The molecule has 0 aromatic heterocycles. The first-order valence-electron chi connectivity index (χ1n) is 11.6. The highest BCUT2D eigenvalue weighted by atomic mass is 16.6. The Morgan fingerprint density at radius 3 is 2.31 bits per heavy atom. The Morgan fingerprint density at radius 1 is 0.857 bits per heavy atom. The van der Waals surface area contributed by atoms with Gasteiger partial charge in [-0.15, -0.1) is 0 Å². The van der Waals surface area contributed by atoms with Crippen molar-refractivity contribution in [2.75, 3.05) is 13.2 Å². The summed E-state index contributed by atoms with van der Waals surface area (Å²) in [6, 6.07) is 32.8. The van der Waals surface area contributed by atoms with Crippen molar-refractivity contribution in [2.45, 2.75) is 18.4 Å². The van der Waals surface area contributed by atoms with Crippen LogP contribution in [-0.2, 0) is 16.1 Å². The van der Waals surface area contributed by atoms with Crippen LogP contribution in [0.5, 0.6) is 17.2 Å². The molecule has 0 bridgehead atoms. The number of phenolic OH excluding ortho intramolecular Hbond substituents is 1. The van der Waals surface area contributed by atoms with Crippen molar-refractivity contribution in [3.05, 3.63) is 125 Å². The molecule has 5 heteroatoms. The number of esters is 1. The van der Waals surface area contributed by atoms with Crippen LogP contribution in [0, 0.1) is 0 Å². The molecule has 2 atom stereocenters. The first kappa shape index (κ1) is 22.5. The Hall–Kier alpha value is -4.25. The van der Waals surface area contributed by atoms with Gasteiger partial charge in [-0.3, -0.25) is 0 Å². The minimum absolute atomic E-state index is 0.00172. The number of hydrogen-bond donors (Lipinski definition) is 1. The Bertz CT molecular complexity index is 1270. The summed E-state index contributed by atoms with van der Waals surface area (Å²) in [5.74, 6) is 1.24. The molecular formula is C30H26O5. The van der Waals surface area contributed by atoms with Crippen molar-refractivity contribution in [2.24, 2.45) is 0 Å². The quantitative estimate of drug-likeness (QED) is 0.348. The highest BCUT2D eigenvalue weighted by Gasteiger charge is 2.33. The summed E-state index contributed by atoms with van der Waals surface area (Å²) < 4.78 is 17.0. The lowest BCUT2D eigenvalue weighted by atomic mass is 9.76. The predicted molar refractivity (Wildman–Crippen MR) is 133 cm³/mol. The maximum atomic E-state index is 12.1. The van der Waals surface area contributed by atoms with Crippen LogP contribution < -0.4 is 9.47 Å². The lowest BCUT2D eigenvalue weighted by molar-refractivity contribution is -0.147. The molecule has 1 heterocycles. The van der Waals surface area contributed by atoms with Crippen LogP contribution in [-0.4, -0.2) is 24.3 Å². The smallest absolute Gasteiger partial charge is 0.344 e. The second-order valence-corrected chi connectivity index (χ2v) is 8.53. The lowest BCUT2D eigenvalue weighted by Crippen LogP contribution is -2.25. The molecule has 0 saturated heterocycles. The number of aromatic hydroxyl groups is 1. The van der Waals surface area contributed by atoms with Crippen LogP contribution in [0.2, 0.25) is 0 Å². The number of ether oxygens (including phenoxy) is 3. The van der Waals surface area contributed by atoms with Crippen LogP contribution in [0.3, 0.4) is 0 Å². The predicted octanol–water partition coefficient (Wildman–Crippen LogP) is 5.82. The fraction of sp³-hybridized carbons (Fsp3) is 0.167. The minimum atomic E-state index is -0.420. The average molecular weight is 467 g/mol. The van der Waals surface area contributed by atoms with E-state index in [1.54, 1.807) is 12.1 Å². The summed E-state index contributed by atoms with van der Waals surface area (Å²) in [5, 5.41) is 10.2. The van der Waals surface area contributed by atoms with Crippen LogP contribution >= 0.6 is 0 Å². The number of hydrogen-bond acceptors (Lipinski definition) is 5. The summed E-state index contributed by atoms with van der Waals surface area (Å²) in [4.78, 5) is 12.1. The van der Waals surface area contributed by atoms with E-state index in [2.05, 4.69) is 12.1 Å². The van der Waals surface area contributed by atoms with E-state index in [4.69, 9.17) is 14.2 Å². The fourth-order valence-corrected chi connectivity index (χ4v) is 4.50. The Labute approximate surface area is 204 Å². The van der Waals surface area contributed by atoms with Crippen LogP contribution in [0.4, 0.5) is 0 Å². The highest BCUT2D eigenvalue weighted by molar-refractivity contribution is 5.71. The van der Waals surface area contributed by atoms with E-state index in [0.29, 0.717) is 12.4 Å². The summed E-state index contributed by atoms with van der Waals surface area (Å²) in [5.41, 5.74) is 4.13. The molecular weight excluding hydrogens is 440 g/mol. The zero-order valence-corrected chi connectivity index (χ0v) is 19.2. The van der Waals surface area contributed by atoms with Crippen LogP contribution in [0.25, 0.3) is 0 Å². The summed E-state index contributed by atoms with van der Waals surface area (Å²) in [6.45, 7) is 0.601. The summed E-state index contributed by atoms with van der Waals surface area (Å²) in [7, 11) is 0. The van der Waals surface area contributed by atoms with Gasteiger partial charge in [0.2, 0.25) is 0 Å². The van der Waals surface area contributed by atoms with Crippen LogP contribution in [0.15, 0.2) is 103 Å². The highest BCUT2D eigenvalue weighted by Crippen LogP contribution is 2.47. The maximum absolute atomic E-state index is 12.1. The van der Waals surface area contributed by atoms with Crippen molar-refractivity contribution in [1.82, 2.24) is 0 Å². The zero-order valence-electron chi connectivity index (χ0n) is 19.2. The van der Waals surface area contributed by atoms with Gasteiger partial charge in [-0.05, 0) is 47.0 Å². The van der Waals surface area contributed by atoms with Gasteiger partial charge in [-0.2, -0.15) is 0 Å².